The fourth-order valence-corrected chi connectivity index (χ4v) is 2.71. The highest BCUT2D eigenvalue weighted by molar-refractivity contribution is 7.09. The van der Waals surface area contributed by atoms with Gasteiger partial charge in [0.2, 0.25) is 5.91 Å². The van der Waals surface area contributed by atoms with Crippen molar-refractivity contribution in [3.8, 4) is 11.6 Å². The van der Waals surface area contributed by atoms with Gasteiger partial charge >= 0.3 is 6.01 Å². The molecule has 2 heterocycles. The van der Waals surface area contributed by atoms with Crippen molar-refractivity contribution in [2.24, 2.45) is 0 Å². The number of carbonyl (C=O) groups excluding carboxylic acids is 1. The van der Waals surface area contributed by atoms with E-state index in [1.165, 1.54) is 16.9 Å². The third-order valence-electron chi connectivity index (χ3n) is 3.22. The second kappa shape index (κ2) is 7.15. The van der Waals surface area contributed by atoms with Crippen LogP contribution in [0.1, 0.15) is 23.4 Å². The maximum absolute atomic E-state index is 11.9. The fourth-order valence-electron chi connectivity index (χ4n) is 2.12. The molecular weight excluding hydrogens is 312 g/mol. The number of nitrogens with zero attached hydrogens (tertiary/aromatic N) is 3. The third-order valence-corrected chi connectivity index (χ3v) is 4.00. The van der Waals surface area contributed by atoms with Crippen molar-refractivity contribution in [2.45, 2.75) is 26.2 Å². The molecule has 1 N–H and O–H groups in total. The fraction of sp³-hybridized carbons (Fsp3) is 0.250. The van der Waals surface area contributed by atoms with Crippen LogP contribution in [0.2, 0.25) is 0 Å². The number of nitrogens with one attached hydrogen (secondary N) is 1. The number of carbonyl (C=O) groups is 1. The average molecular weight is 328 g/mol. The van der Waals surface area contributed by atoms with E-state index < -0.39 is 0 Å². The predicted molar refractivity (Wildman–Crippen MR) is 88.2 cm³/mol. The van der Waals surface area contributed by atoms with Crippen LogP contribution in [-0.2, 0) is 11.2 Å². The van der Waals surface area contributed by atoms with Gasteiger partial charge in [-0.2, -0.15) is 0 Å². The van der Waals surface area contributed by atoms with Crippen LogP contribution in [0.25, 0.3) is 11.6 Å². The number of aryl methyl sites for hydroxylation is 2. The summed E-state index contributed by atoms with van der Waals surface area (Å²) in [4.78, 5) is 16.2. The number of rotatable bonds is 6. The smallest absolute Gasteiger partial charge is 0.322 e. The molecule has 1 aromatic carbocycles. The van der Waals surface area contributed by atoms with Crippen LogP contribution >= 0.6 is 11.3 Å². The van der Waals surface area contributed by atoms with Crippen molar-refractivity contribution >= 4 is 23.3 Å². The molecule has 23 heavy (non-hydrogen) atoms. The number of thiazole rings is 1. The van der Waals surface area contributed by atoms with E-state index in [4.69, 9.17) is 4.42 Å². The van der Waals surface area contributed by atoms with Crippen molar-refractivity contribution < 1.29 is 9.21 Å². The highest BCUT2D eigenvalue weighted by Crippen LogP contribution is 2.21. The Morgan fingerprint density at radius 1 is 1.26 bits per heavy atom. The number of benzene rings is 1. The molecule has 0 saturated carbocycles. The Hall–Kier alpha value is -2.54. The van der Waals surface area contributed by atoms with Gasteiger partial charge in [-0.15, -0.1) is 16.4 Å². The Bertz CT molecular complexity index is 782. The van der Waals surface area contributed by atoms with Gasteiger partial charge in [-0.25, -0.2) is 4.98 Å². The molecule has 3 rings (SSSR count). The van der Waals surface area contributed by atoms with E-state index >= 15 is 0 Å². The minimum Gasteiger partial charge on any atom is -0.401 e. The molecule has 0 unspecified atom stereocenters. The van der Waals surface area contributed by atoms with E-state index in [2.05, 4.69) is 32.6 Å². The second-order valence-corrected chi connectivity index (χ2v) is 6.11. The lowest BCUT2D eigenvalue weighted by atomic mass is 10.1. The minimum absolute atomic E-state index is 0.107. The number of aromatic nitrogens is 3. The molecule has 0 spiro atoms. The van der Waals surface area contributed by atoms with Crippen molar-refractivity contribution in [1.82, 2.24) is 15.2 Å². The summed E-state index contributed by atoms with van der Waals surface area (Å²) in [7, 11) is 0. The Morgan fingerprint density at radius 2 is 2.09 bits per heavy atom. The molecule has 118 valence electrons. The summed E-state index contributed by atoms with van der Waals surface area (Å²) >= 11 is 1.51. The molecule has 0 bridgehead atoms. The molecule has 3 aromatic rings. The van der Waals surface area contributed by atoms with Gasteiger partial charge in [-0.05, 0) is 25.3 Å². The molecule has 0 atom stereocenters. The number of anilines is 1. The largest absolute Gasteiger partial charge is 0.401 e. The summed E-state index contributed by atoms with van der Waals surface area (Å²) in [6, 6.07) is 10.2. The topological polar surface area (TPSA) is 80.9 Å². The van der Waals surface area contributed by atoms with Crippen molar-refractivity contribution in [3.63, 3.8) is 0 Å². The summed E-state index contributed by atoms with van der Waals surface area (Å²) in [6.07, 6.45) is 2.03. The Labute approximate surface area is 137 Å². The van der Waals surface area contributed by atoms with E-state index in [0.717, 1.165) is 17.8 Å². The molecule has 2 aromatic heterocycles. The molecular formula is C16H16N4O2S. The van der Waals surface area contributed by atoms with Gasteiger partial charge in [0, 0.05) is 11.8 Å². The Kier molecular flexibility index (Phi) is 4.77. The van der Waals surface area contributed by atoms with Gasteiger partial charge in [-0.3, -0.25) is 10.1 Å². The molecule has 7 heteroatoms. The SMILES string of the molecule is Cc1nc(-c2nnc(NC(=O)CCCc3ccccc3)o2)cs1. The summed E-state index contributed by atoms with van der Waals surface area (Å²) < 4.78 is 5.41. The first-order valence-corrected chi connectivity index (χ1v) is 8.18. The first-order chi connectivity index (χ1) is 11.2. The maximum Gasteiger partial charge on any atom is 0.322 e. The molecule has 0 saturated heterocycles. The lowest BCUT2D eigenvalue weighted by Crippen LogP contribution is -2.11. The van der Waals surface area contributed by atoms with Crippen molar-refractivity contribution in [2.75, 3.05) is 5.32 Å². The first-order valence-electron chi connectivity index (χ1n) is 7.30. The molecule has 0 fully saturated rings. The Balaban J connectivity index is 1.49. The van der Waals surface area contributed by atoms with Crippen LogP contribution in [0, 0.1) is 6.92 Å². The van der Waals surface area contributed by atoms with E-state index in [0.29, 0.717) is 18.0 Å². The quantitative estimate of drug-likeness (QED) is 0.749. The summed E-state index contributed by atoms with van der Waals surface area (Å²) in [5.41, 5.74) is 1.85. The predicted octanol–water partition coefficient (Wildman–Crippen LogP) is 3.46. The zero-order valence-corrected chi connectivity index (χ0v) is 13.5. The monoisotopic (exact) mass is 328 g/mol. The van der Waals surface area contributed by atoms with Gasteiger partial charge in [0.05, 0.1) is 5.01 Å². The number of hydrogen-bond donors (Lipinski definition) is 1. The minimum atomic E-state index is -0.134. The van der Waals surface area contributed by atoms with Crippen LogP contribution in [0.15, 0.2) is 40.1 Å². The zero-order valence-electron chi connectivity index (χ0n) is 12.7. The first kappa shape index (κ1) is 15.4. The molecule has 0 radical (unpaired) electrons. The zero-order chi connectivity index (χ0) is 16.1. The summed E-state index contributed by atoms with van der Waals surface area (Å²) in [5, 5.41) is 13.1. The van der Waals surface area contributed by atoms with Crippen LogP contribution in [0.3, 0.4) is 0 Å². The molecule has 6 nitrogen and oxygen atoms in total. The van der Waals surface area contributed by atoms with E-state index in [9.17, 15) is 4.79 Å². The summed E-state index contributed by atoms with van der Waals surface area (Å²) in [6.45, 7) is 1.90. The third kappa shape index (κ3) is 4.23. The van der Waals surface area contributed by atoms with E-state index in [-0.39, 0.29) is 11.9 Å². The molecule has 1 amide bonds. The molecule has 0 aliphatic rings. The van der Waals surface area contributed by atoms with Gasteiger partial charge in [-0.1, -0.05) is 35.4 Å². The van der Waals surface area contributed by atoms with Gasteiger partial charge in [0.15, 0.2) is 0 Å². The van der Waals surface area contributed by atoms with Crippen LogP contribution < -0.4 is 5.32 Å². The van der Waals surface area contributed by atoms with Gasteiger partial charge < -0.3 is 4.42 Å². The van der Waals surface area contributed by atoms with E-state index in [1.807, 2.05) is 30.5 Å². The van der Waals surface area contributed by atoms with Crippen LogP contribution in [-0.4, -0.2) is 21.1 Å². The van der Waals surface area contributed by atoms with E-state index in [1.54, 1.807) is 0 Å². The van der Waals surface area contributed by atoms with Crippen LogP contribution in [0.4, 0.5) is 6.01 Å². The maximum atomic E-state index is 11.9. The standard InChI is InChI=1S/C16H16N4O2S/c1-11-17-13(10-23-11)15-19-20-16(22-15)18-14(21)9-5-8-12-6-3-2-4-7-12/h2-4,6-7,10H,5,8-9H2,1H3,(H,18,20,21). The normalized spacial score (nSPS) is 10.7. The summed E-state index contributed by atoms with van der Waals surface area (Å²) in [5.74, 6) is 0.180. The highest BCUT2D eigenvalue weighted by atomic mass is 32.1. The average Bonchev–Trinajstić information content (AvgIpc) is 3.17. The highest BCUT2D eigenvalue weighted by Gasteiger charge is 2.13. The van der Waals surface area contributed by atoms with Crippen LogP contribution in [0.5, 0.6) is 0 Å². The van der Waals surface area contributed by atoms with Gasteiger partial charge in [0.1, 0.15) is 5.69 Å². The molecule has 0 aliphatic heterocycles. The second-order valence-electron chi connectivity index (χ2n) is 5.05. The number of hydrogen-bond acceptors (Lipinski definition) is 6. The van der Waals surface area contributed by atoms with Crippen molar-refractivity contribution in [3.05, 3.63) is 46.3 Å². The van der Waals surface area contributed by atoms with Crippen molar-refractivity contribution in [1.29, 1.82) is 0 Å². The lowest BCUT2D eigenvalue weighted by Gasteiger charge is -2.01. The lowest BCUT2D eigenvalue weighted by molar-refractivity contribution is -0.116. The van der Waals surface area contributed by atoms with Gasteiger partial charge in [0.25, 0.3) is 5.89 Å². The molecule has 0 aliphatic carbocycles. The Morgan fingerprint density at radius 3 is 2.83 bits per heavy atom. The number of amides is 1.